The molecule has 0 unspecified atom stereocenters. The second-order valence-electron chi connectivity index (χ2n) is 8.94. The summed E-state index contributed by atoms with van der Waals surface area (Å²) in [5, 5.41) is 1.00. The van der Waals surface area contributed by atoms with E-state index >= 15 is 0 Å². The molecule has 0 atom stereocenters. The van der Waals surface area contributed by atoms with Gasteiger partial charge < -0.3 is 15.2 Å². The van der Waals surface area contributed by atoms with Crippen molar-refractivity contribution in [3.63, 3.8) is 0 Å². The minimum Gasteiger partial charge on any atom is -0.480 e. The molecule has 2 aromatic carbocycles. The van der Waals surface area contributed by atoms with Gasteiger partial charge in [0, 0.05) is 35.3 Å². The van der Waals surface area contributed by atoms with Gasteiger partial charge in [0.15, 0.2) is 0 Å². The number of halogens is 2. The molecule has 5 rings (SSSR count). The van der Waals surface area contributed by atoms with E-state index < -0.39 is 0 Å². The lowest BCUT2D eigenvalue weighted by Gasteiger charge is -2.17. The number of methoxy groups -OCH3 is 2. The minimum absolute atomic E-state index is 0.222. The highest BCUT2D eigenvalue weighted by atomic mass is 35.5. The van der Waals surface area contributed by atoms with Crippen LogP contribution in [0, 0.1) is 0 Å². The fourth-order valence-electron chi connectivity index (χ4n) is 4.66. The molecule has 1 aliphatic rings. The van der Waals surface area contributed by atoms with Gasteiger partial charge in [-0.05, 0) is 25.9 Å². The second-order valence-corrected chi connectivity index (χ2v) is 9.70. The summed E-state index contributed by atoms with van der Waals surface area (Å²) in [6, 6.07) is 11.5. The van der Waals surface area contributed by atoms with Crippen LogP contribution in [-0.2, 0) is 13.1 Å². The molecule has 0 saturated carbocycles. The van der Waals surface area contributed by atoms with Gasteiger partial charge in [0.2, 0.25) is 11.8 Å². The number of rotatable bonds is 8. The van der Waals surface area contributed by atoms with E-state index in [4.69, 9.17) is 43.4 Å². The Hall–Kier alpha value is -3.30. The first kappa shape index (κ1) is 26.3. The van der Waals surface area contributed by atoms with Crippen LogP contribution in [-0.4, -0.2) is 52.1 Å². The molecule has 196 valence electrons. The van der Waals surface area contributed by atoms with Crippen LogP contribution in [0.1, 0.15) is 24.2 Å². The Balaban J connectivity index is 1.52. The smallest absolute Gasteiger partial charge is 0.237 e. The molecule has 0 bridgehead atoms. The highest BCUT2D eigenvalue weighted by Gasteiger charge is 2.20. The molecule has 1 saturated heterocycles. The zero-order valence-electron chi connectivity index (χ0n) is 21.2. The van der Waals surface area contributed by atoms with Gasteiger partial charge in [-0.1, -0.05) is 59.6 Å². The van der Waals surface area contributed by atoms with Crippen molar-refractivity contribution in [2.75, 3.05) is 27.3 Å². The van der Waals surface area contributed by atoms with E-state index in [1.807, 2.05) is 36.4 Å². The zero-order chi connectivity index (χ0) is 26.6. The van der Waals surface area contributed by atoms with Gasteiger partial charge in [0.25, 0.3) is 0 Å². The molecule has 0 radical (unpaired) electrons. The van der Waals surface area contributed by atoms with Crippen LogP contribution >= 0.6 is 23.2 Å². The van der Waals surface area contributed by atoms with Crippen molar-refractivity contribution >= 4 is 23.2 Å². The highest BCUT2D eigenvalue weighted by Crippen LogP contribution is 2.42. The van der Waals surface area contributed by atoms with Crippen LogP contribution in [0.25, 0.3) is 33.6 Å². The lowest BCUT2D eigenvalue weighted by molar-refractivity contribution is 0.312. The fourth-order valence-corrected chi connectivity index (χ4v) is 5.31. The number of benzene rings is 2. The first-order valence-corrected chi connectivity index (χ1v) is 13.1. The van der Waals surface area contributed by atoms with Crippen molar-refractivity contribution in [1.29, 1.82) is 0 Å². The zero-order valence-corrected chi connectivity index (χ0v) is 22.8. The largest absolute Gasteiger partial charge is 0.480 e. The van der Waals surface area contributed by atoms with Crippen molar-refractivity contribution in [3.05, 3.63) is 70.2 Å². The maximum Gasteiger partial charge on any atom is 0.237 e. The van der Waals surface area contributed by atoms with Gasteiger partial charge in [-0.25, -0.2) is 9.97 Å². The Bertz CT molecular complexity index is 1460. The molecule has 0 amide bonds. The summed E-state index contributed by atoms with van der Waals surface area (Å²) >= 11 is 13.9. The molecule has 10 heteroatoms. The van der Waals surface area contributed by atoms with Gasteiger partial charge in [-0.2, -0.15) is 0 Å². The van der Waals surface area contributed by atoms with E-state index in [0.717, 1.165) is 35.5 Å². The van der Waals surface area contributed by atoms with Crippen molar-refractivity contribution < 1.29 is 9.47 Å². The minimum atomic E-state index is 0.222. The van der Waals surface area contributed by atoms with Gasteiger partial charge in [-0.15, -0.1) is 0 Å². The predicted molar refractivity (Wildman–Crippen MR) is 149 cm³/mol. The Labute approximate surface area is 231 Å². The number of aromatic nitrogens is 4. The van der Waals surface area contributed by atoms with Crippen LogP contribution in [0.3, 0.4) is 0 Å². The number of ether oxygens (including phenoxy) is 2. The third-order valence-electron chi connectivity index (χ3n) is 6.61. The predicted octanol–water partition coefficient (Wildman–Crippen LogP) is 5.65. The number of hydrogen-bond acceptors (Lipinski definition) is 8. The van der Waals surface area contributed by atoms with E-state index in [0.29, 0.717) is 51.0 Å². The van der Waals surface area contributed by atoms with Gasteiger partial charge in [0.05, 0.1) is 48.0 Å². The Morgan fingerprint density at radius 3 is 1.74 bits per heavy atom. The monoisotopic (exact) mass is 550 g/mol. The van der Waals surface area contributed by atoms with E-state index in [1.165, 1.54) is 20.0 Å². The first-order chi connectivity index (χ1) is 18.5. The van der Waals surface area contributed by atoms with Crippen LogP contribution in [0.4, 0.5) is 0 Å². The normalized spacial score (nSPS) is 13.6. The SMILES string of the molecule is COc1nc(-c2cccc(-c3cccc(-c4cnc(CN5CCCC5)c(OC)n4)c3Cl)c2Cl)cnc1CN. The van der Waals surface area contributed by atoms with Crippen LogP contribution in [0.15, 0.2) is 48.8 Å². The summed E-state index contributed by atoms with van der Waals surface area (Å²) < 4.78 is 11.0. The topological polar surface area (TPSA) is 99.3 Å². The van der Waals surface area contributed by atoms with E-state index in [9.17, 15) is 0 Å². The summed E-state index contributed by atoms with van der Waals surface area (Å²) in [5.41, 5.74) is 11.3. The maximum atomic E-state index is 6.97. The second kappa shape index (κ2) is 11.6. The highest BCUT2D eigenvalue weighted by molar-refractivity contribution is 6.39. The lowest BCUT2D eigenvalue weighted by Crippen LogP contribution is -2.20. The number of nitrogens with two attached hydrogens (primary N) is 1. The summed E-state index contributed by atoms with van der Waals surface area (Å²) in [6.07, 6.45) is 5.80. The third kappa shape index (κ3) is 5.17. The van der Waals surface area contributed by atoms with Gasteiger partial charge in [-0.3, -0.25) is 14.9 Å². The third-order valence-corrected chi connectivity index (χ3v) is 7.43. The Kier molecular flexibility index (Phi) is 8.04. The van der Waals surface area contributed by atoms with E-state index in [-0.39, 0.29) is 6.54 Å². The number of nitrogens with zero attached hydrogens (tertiary/aromatic N) is 5. The molecular formula is C28H28Cl2N6O2. The quantitative estimate of drug-likeness (QED) is 0.300. The fraction of sp³-hybridized carbons (Fsp3) is 0.286. The molecule has 0 aliphatic carbocycles. The molecular weight excluding hydrogens is 523 g/mol. The van der Waals surface area contributed by atoms with Crippen LogP contribution in [0.2, 0.25) is 10.0 Å². The molecule has 2 aromatic heterocycles. The molecule has 38 heavy (non-hydrogen) atoms. The number of likely N-dealkylation sites (tertiary alicyclic amines) is 1. The van der Waals surface area contributed by atoms with Crippen molar-refractivity contribution in [3.8, 4) is 45.4 Å². The summed E-state index contributed by atoms with van der Waals surface area (Å²) in [5.74, 6) is 0.872. The van der Waals surface area contributed by atoms with E-state index in [1.54, 1.807) is 19.5 Å². The standard InChI is InChI=1S/C28H28Cl2N6O2/c1-37-27-21(13-31)32-14-22(34-27)19-9-5-7-17(25(19)29)18-8-6-10-20(26(18)30)23-15-33-24(28(35-23)38-2)16-36-11-3-4-12-36/h5-10,14-15H,3-4,11-13,16,31H2,1-2H3. The van der Waals surface area contributed by atoms with Crippen molar-refractivity contribution in [1.82, 2.24) is 24.8 Å². The molecule has 1 aliphatic heterocycles. The molecule has 4 aromatic rings. The Morgan fingerprint density at radius 1 is 0.763 bits per heavy atom. The molecule has 3 heterocycles. The summed E-state index contributed by atoms with van der Waals surface area (Å²) in [4.78, 5) is 20.7. The molecule has 1 fully saturated rings. The molecule has 8 nitrogen and oxygen atoms in total. The maximum absolute atomic E-state index is 6.97. The van der Waals surface area contributed by atoms with Gasteiger partial charge in [0.1, 0.15) is 11.4 Å². The van der Waals surface area contributed by atoms with Crippen molar-refractivity contribution in [2.45, 2.75) is 25.9 Å². The Morgan fingerprint density at radius 2 is 1.24 bits per heavy atom. The molecule has 0 spiro atoms. The first-order valence-electron chi connectivity index (χ1n) is 12.3. The summed E-state index contributed by atoms with van der Waals surface area (Å²) in [6.45, 7) is 3.07. The van der Waals surface area contributed by atoms with Crippen LogP contribution < -0.4 is 15.2 Å². The number of hydrogen-bond donors (Lipinski definition) is 1. The average Bonchev–Trinajstić information content (AvgIpc) is 3.46. The average molecular weight is 551 g/mol. The van der Waals surface area contributed by atoms with Crippen LogP contribution in [0.5, 0.6) is 11.8 Å². The van der Waals surface area contributed by atoms with Gasteiger partial charge >= 0.3 is 0 Å². The van der Waals surface area contributed by atoms with Crippen molar-refractivity contribution in [2.24, 2.45) is 5.73 Å². The summed E-state index contributed by atoms with van der Waals surface area (Å²) in [7, 11) is 3.15. The van der Waals surface area contributed by atoms with E-state index in [2.05, 4.69) is 19.9 Å². The molecule has 2 N–H and O–H groups in total. The lowest BCUT2D eigenvalue weighted by atomic mass is 9.98.